The van der Waals surface area contributed by atoms with Gasteiger partial charge in [-0.05, 0) is 36.2 Å². The Balaban J connectivity index is 1.62. The molecule has 22 heavy (non-hydrogen) atoms. The zero-order valence-corrected chi connectivity index (χ0v) is 12.3. The van der Waals surface area contributed by atoms with Crippen molar-refractivity contribution < 1.29 is 9.53 Å². The van der Waals surface area contributed by atoms with Crippen molar-refractivity contribution >= 4 is 5.91 Å². The molecule has 0 unspecified atom stereocenters. The lowest BCUT2D eigenvalue weighted by atomic mass is 10.1. The van der Waals surface area contributed by atoms with Gasteiger partial charge in [0.1, 0.15) is 12.4 Å². The van der Waals surface area contributed by atoms with Gasteiger partial charge in [-0.25, -0.2) is 0 Å². The number of hydrogen-bond donors (Lipinski definition) is 1. The summed E-state index contributed by atoms with van der Waals surface area (Å²) in [6, 6.07) is 18.9. The number of para-hydroxylation sites is 1. The van der Waals surface area contributed by atoms with Crippen LogP contribution in [0.1, 0.15) is 17.5 Å². The van der Waals surface area contributed by atoms with Gasteiger partial charge in [0.15, 0.2) is 0 Å². The highest BCUT2D eigenvalue weighted by Gasteiger charge is 2.02. The molecule has 0 aliphatic rings. The van der Waals surface area contributed by atoms with Gasteiger partial charge in [0.25, 0.3) is 0 Å². The van der Waals surface area contributed by atoms with E-state index in [1.54, 1.807) is 12.1 Å². The number of aryl methyl sites for hydroxylation is 1. The Bertz CT molecular complexity index is 630. The Morgan fingerprint density at radius 2 is 1.82 bits per heavy atom. The number of nitrogens with one attached hydrogen (secondary N) is 1. The quantitative estimate of drug-likeness (QED) is 0.799. The molecule has 0 spiro atoms. The summed E-state index contributed by atoms with van der Waals surface area (Å²) >= 11 is 0. The van der Waals surface area contributed by atoms with Gasteiger partial charge in [0.05, 0.1) is 18.2 Å². The summed E-state index contributed by atoms with van der Waals surface area (Å²) in [6.45, 7) is 0.938. The first-order valence-corrected chi connectivity index (χ1v) is 7.21. The summed E-state index contributed by atoms with van der Waals surface area (Å²) in [5, 5.41) is 11.6. The molecule has 2 aromatic rings. The first-order valence-electron chi connectivity index (χ1n) is 7.21. The second kappa shape index (κ2) is 8.48. The summed E-state index contributed by atoms with van der Waals surface area (Å²) in [6.07, 6.45) is 1.09. The van der Waals surface area contributed by atoms with Crippen LogP contribution in [0.25, 0.3) is 0 Å². The van der Waals surface area contributed by atoms with Crippen LogP contribution in [0.2, 0.25) is 0 Å². The van der Waals surface area contributed by atoms with Crippen LogP contribution in [0, 0.1) is 11.3 Å². The lowest BCUT2D eigenvalue weighted by molar-refractivity contribution is -0.121. The highest BCUT2D eigenvalue weighted by atomic mass is 16.5. The van der Waals surface area contributed by atoms with E-state index >= 15 is 0 Å². The number of amides is 1. The SMILES string of the molecule is N#Cc1ccc(CCC(=O)NCCOc2ccccc2)cc1. The highest BCUT2D eigenvalue weighted by Crippen LogP contribution is 2.08. The van der Waals surface area contributed by atoms with Crippen molar-refractivity contribution in [3.05, 3.63) is 65.7 Å². The number of nitrogens with zero attached hydrogens (tertiary/aromatic N) is 1. The molecule has 4 heteroatoms. The molecular formula is C18H18N2O2. The van der Waals surface area contributed by atoms with E-state index in [1.165, 1.54) is 0 Å². The predicted octanol–water partition coefficient (Wildman–Crippen LogP) is 2.69. The minimum atomic E-state index is 0.000946. The van der Waals surface area contributed by atoms with Gasteiger partial charge in [-0.2, -0.15) is 5.26 Å². The molecule has 0 fully saturated rings. The Kier molecular flexibility index (Phi) is 6.01. The van der Waals surface area contributed by atoms with Gasteiger partial charge in [0, 0.05) is 6.42 Å². The first kappa shape index (κ1) is 15.6. The van der Waals surface area contributed by atoms with Crippen LogP contribution in [0.3, 0.4) is 0 Å². The fourth-order valence-electron chi connectivity index (χ4n) is 1.97. The smallest absolute Gasteiger partial charge is 0.220 e. The van der Waals surface area contributed by atoms with Crippen molar-refractivity contribution in [1.82, 2.24) is 5.32 Å². The summed E-state index contributed by atoms with van der Waals surface area (Å²) in [5.74, 6) is 0.801. The largest absolute Gasteiger partial charge is 0.492 e. The maximum atomic E-state index is 11.7. The molecule has 2 aromatic carbocycles. The molecule has 2 rings (SSSR count). The summed E-state index contributed by atoms with van der Waals surface area (Å²) in [7, 11) is 0. The number of carbonyl (C=O) groups excluding carboxylic acids is 1. The van der Waals surface area contributed by atoms with E-state index in [-0.39, 0.29) is 5.91 Å². The van der Waals surface area contributed by atoms with Crippen LogP contribution in [-0.2, 0) is 11.2 Å². The Morgan fingerprint density at radius 3 is 2.50 bits per heavy atom. The average molecular weight is 294 g/mol. The van der Waals surface area contributed by atoms with Gasteiger partial charge in [0.2, 0.25) is 5.91 Å². The molecule has 0 saturated carbocycles. The van der Waals surface area contributed by atoms with Crippen LogP contribution in [0.15, 0.2) is 54.6 Å². The molecule has 0 saturated heterocycles. The molecule has 112 valence electrons. The molecule has 0 bridgehead atoms. The van der Waals surface area contributed by atoms with Gasteiger partial charge in [-0.3, -0.25) is 4.79 Å². The summed E-state index contributed by atoms with van der Waals surface area (Å²) in [5.41, 5.74) is 1.68. The number of nitriles is 1. The normalized spacial score (nSPS) is 9.77. The molecule has 0 atom stereocenters. The monoisotopic (exact) mass is 294 g/mol. The lowest BCUT2D eigenvalue weighted by Gasteiger charge is -2.07. The van der Waals surface area contributed by atoms with Crippen molar-refractivity contribution in [2.24, 2.45) is 0 Å². The van der Waals surface area contributed by atoms with Gasteiger partial charge >= 0.3 is 0 Å². The molecule has 1 N–H and O–H groups in total. The third-order valence-electron chi connectivity index (χ3n) is 3.16. The predicted molar refractivity (Wildman–Crippen MR) is 84.4 cm³/mol. The zero-order valence-electron chi connectivity index (χ0n) is 12.3. The highest BCUT2D eigenvalue weighted by molar-refractivity contribution is 5.76. The summed E-state index contributed by atoms with van der Waals surface area (Å²) in [4.78, 5) is 11.7. The van der Waals surface area contributed by atoms with E-state index < -0.39 is 0 Å². The summed E-state index contributed by atoms with van der Waals surface area (Å²) < 4.78 is 5.50. The first-order chi connectivity index (χ1) is 10.8. The topological polar surface area (TPSA) is 62.1 Å². The van der Waals surface area contributed by atoms with E-state index in [9.17, 15) is 4.79 Å². The average Bonchev–Trinajstić information content (AvgIpc) is 2.58. The fraction of sp³-hybridized carbons (Fsp3) is 0.222. The Labute approximate surface area is 130 Å². The number of ether oxygens (including phenoxy) is 1. The van der Waals surface area contributed by atoms with E-state index in [4.69, 9.17) is 10.00 Å². The van der Waals surface area contributed by atoms with E-state index in [2.05, 4.69) is 11.4 Å². The molecule has 0 aliphatic heterocycles. The third-order valence-corrected chi connectivity index (χ3v) is 3.16. The van der Waals surface area contributed by atoms with E-state index in [0.29, 0.717) is 31.6 Å². The van der Waals surface area contributed by atoms with Crippen molar-refractivity contribution in [2.75, 3.05) is 13.2 Å². The Morgan fingerprint density at radius 1 is 1.09 bits per heavy atom. The molecule has 0 heterocycles. The van der Waals surface area contributed by atoms with Crippen molar-refractivity contribution in [3.63, 3.8) is 0 Å². The van der Waals surface area contributed by atoms with Crippen molar-refractivity contribution in [2.45, 2.75) is 12.8 Å². The zero-order chi connectivity index (χ0) is 15.6. The molecule has 4 nitrogen and oxygen atoms in total. The van der Waals surface area contributed by atoms with Crippen molar-refractivity contribution in [1.29, 1.82) is 5.26 Å². The number of hydrogen-bond acceptors (Lipinski definition) is 3. The maximum Gasteiger partial charge on any atom is 0.220 e. The molecular weight excluding hydrogens is 276 g/mol. The van der Waals surface area contributed by atoms with Crippen LogP contribution in [0.5, 0.6) is 5.75 Å². The van der Waals surface area contributed by atoms with E-state index in [1.807, 2.05) is 42.5 Å². The lowest BCUT2D eigenvalue weighted by Crippen LogP contribution is -2.28. The molecule has 0 aromatic heterocycles. The fourth-order valence-corrected chi connectivity index (χ4v) is 1.97. The van der Waals surface area contributed by atoms with Gasteiger partial charge in [-0.15, -0.1) is 0 Å². The number of benzene rings is 2. The van der Waals surface area contributed by atoms with Crippen molar-refractivity contribution in [3.8, 4) is 11.8 Å². The molecule has 0 radical (unpaired) electrons. The van der Waals surface area contributed by atoms with Crippen LogP contribution < -0.4 is 10.1 Å². The van der Waals surface area contributed by atoms with E-state index in [0.717, 1.165) is 11.3 Å². The minimum absolute atomic E-state index is 0.000946. The second-order valence-electron chi connectivity index (χ2n) is 4.82. The third kappa shape index (κ3) is 5.29. The molecule has 1 amide bonds. The number of rotatable bonds is 7. The second-order valence-corrected chi connectivity index (χ2v) is 4.82. The van der Waals surface area contributed by atoms with Gasteiger partial charge in [-0.1, -0.05) is 30.3 Å². The maximum absolute atomic E-state index is 11.7. The minimum Gasteiger partial charge on any atom is -0.492 e. The van der Waals surface area contributed by atoms with Crippen LogP contribution in [-0.4, -0.2) is 19.1 Å². The van der Waals surface area contributed by atoms with Crippen LogP contribution >= 0.6 is 0 Å². The van der Waals surface area contributed by atoms with Gasteiger partial charge < -0.3 is 10.1 Å². The number of carbonyl (C=O) groups is 1. The van der Waals surface area contributed by atoms with Crippen LogP contribution in [0.4, 0.5) is 0 Å². The Hall–Kier alpha value is -2.80. The molecule has 0 aliphatic carbocycles. The standard InChI is InChI=1S/C18H18N2O2/c19-14-16-8-6-15(7-9-16)10-11-18(21)20-12-13-22-17-4-2-1-3-5-17/h1-9H,10-13H2,(H,20,21).